The predicted molar refractivity (Wildman–Crippen MR) is 113 cm³/mol. The smallest absolute Gasteiger partial charge is 0.416 e. The van der Waals surface area contributed by atoms with Crippen LogP contribution in [0.15, 0.2) is 53.9 Å². The van der Waals surface area contributed by atoms with Crippen LogP contribution in [0.3, 0.4) is 0 Å². The van der Waals surface area contributed by atoms with Crippen molar-refractivity contribution in [1.29, 1.82) is 0 Å². The Bertz CT molecular complexity index is 1120. The third kappa shape index (κ3) is 3.84. The number of aliphatic hydroxyl groups excluding tert-OH is 1. The molecule has 0 aliphatic carbocycles. The number of carbonyl (C=O) groups excluding carboxylic acids is 1. The van der Waals surface area contributed by atoms with Gasteiger partial charge in [0, 0.05) is 13.1 Å². The van der Waals surface area contributed by atoms with E-state index < -0.39 is 12.3 Å². The molecule has 8 nitrogen and oxygen atoms in total. The summed E-state index contributed by atoms with van der Waals surface area (Å²) in [7, 11) is 0. The average Bonchev–Trinajstić information content (AvgIpc) is 3.40. The summed E-state index contributed by atoms with van der Waals surface area (Å²) in [5.74, 6) is -0.523. The molecule has 2 aromatic carbocycles. The number of thioether (sulfide) groups is 1. The Balaban J connectivity index is 1.32. The van der Waals surface area contributed by atoms with E-state index in [4.69, 9.17) is 9.84 Å². The number of anilines is 2. The van der Waals surface area contributed by atoms with Gasteiger partial charge < -0.3 is 14.7 Å². The van der Waals surface area contributed by atoms with Crippen LogP contribution in [0.25, 0.3) is 0 Å². The first-order valence-electron chi connectivity index (χ1n) is 9.86. The highest BCUT2D eigenvalue weighted by atomic mass is 32.2. The Labute approximate surface area is 182 Å². The summed E-state index contributed by atoms with van der Waals surface area (Å²) in [5, 5.41) is 13.5. The third-order valence-corrected chi connectivity index (χ3v) is 6.06. The third-order valence-electron chi connectivity index (χ3n) is 5.49. The summed E-state index contributed by atoms with van der Waals surface area (Å²) in [4.78, 5) is 19.8. The summed E-state index contributed by atoms with van der Waals surface area (Å²) < 4.78 is 21.8. The van der Waals surface area contributed by atoms with Gasteiger partial charge in [0.1, 0.15) is 12.1 Å². The number of carbonyl (C=O) groups is 1. The number of rotatable bonds is 5. The Morgan fingerprint density at radius 3 is 2.87 bits per heavy atom. The Kier molecular flexibility index (Phi) is 5.24. The van der Waals surface area contributed by atoms with Gasteiger partial charge in [0.2, 0.25) is 11.4 Å². The average molecular weight is 441 g/mol. The summed E-state index contributed by atoms with van der Waals surface area (Å²) in [6.45, 7) is 1.57. The molecule has 5 rings (SSSR count). The molecule has 3 aromatic rings. The largest absolute Gasteiger partial charge is 0.421 e. The van der Waals surface area contributed by atoms with E-state index in [2.05, 4.69) is 22.2 Å². The van der Waals surface area contributed by atoms with Crippen LogP contribution in [0.4, 0.5) is 20.6 Å². The molecule has 2 aliphatic rings. The zero-order valence-electron chi connectivity index (χ0n) is 16.5. The van der Waals surface area contributed by atoms with E-state index in [9.17, 15) is 4.79 Å². The molecule has 10 heteroatoms. The van der Waals surface area contributed by atoms with Crippen molar-refractivity contribution in [2.24, 2.45) is 0 Å². The molecule has 2 aliphatic heterocycles. The van der Waals surface area contributed by atoms with Gasteiger partial charge >= 0.3 is 6.09 Å². The van der Waals surface area contributed by atoms with Gasteiger partial charge in [-0.05, 0) is 35.7 Å². The van der Waals surface area contributed by atoms with Crippen molar-refractivity contribution < 1.29 is 19.0 Å². The minimum absolute atomic E-state index is 0.144. The molecule has 1 N–H and O–H groups in total. The van der Waals surface area contributed by atoms with Crippen molar-refractivity contribution in [2.75, 3.05) is 28.8 Å². The molecule has 0 saturated carbocycles. The molecular formula is C21H20FN5O3S. The van der Waals surface area contributed by atoms with Gasteiger partial charge in [0.15, 0.2) is 0 Å². The Morgan fingerprint density at radius 2 is 2.06 bits per heavy atom. The van der Waals surface area contributed by atoms with E-state index in [0.29, 0.717) is 23.1 Å². The van der Waals surface area contributed by atoms with Gasteiger partial charge in [0.05, 0.1) is 23.9 Å². The number of halogens is 1. The van der Waals surface area contributed by atoms with E-state index in [-0.39, 0.29) is 18.3 Å². The fourth-order valence-electron chi connectivity index (χ4n) is 3.94. The van der Waals surface area contributed by atoms with Gasteiger partial charge in [-0.3, -0.25) is 4.90 Å². The van der Waals surface area contributed by atoms with E-state index in [1.807, 2.05) is 17.0 Å². The molecule has 160 valence electrons. The van der Waals surface area contributed by atoms with Crippen LogP contribution in [0, 0.1) is 5.82 Å². The number of ether oxygens (including phenoxy) is 1. The minimum atomic E-state index is -0.672. The van der Waals surface area contributed by atoms with Gasteiger partial charge in [-0.25, -0.2) is 18.9 Å². The summed E-state index contributed by atoms with van der Waals surface area (Å²) in [6, 6.07) is 13.0. The number of fused-ring (bicyclic) bond motifs is 1. The van der Waals surface area contributed by atoms with Crippen molar-refractivity contribution in [3.63, 3.8) is 0 Å². The lowest BCUT2D eigenvalue weighted by atomic mass is 9.99. The number of cyclic esters (lactones) is 1. The highest BCUT2D eigenvalue weighted by Gasteiger charge is 2.35. The molecule has 31 heavy (non-hydrogen) atoms. The number of nitrogens with zero attached hydrogens (tertiary/aromatic N) is 5. The van der Waals surface area contributed by atoms with Crippen LogP contribution in [-0.4, -0.2) is 45.0 Å². The summed E-state index contributed by atoms with van der Waals surface area (Å²) in [5.41, 5.74) is 3.45. The topological polar surface area (TPSA) is 83.7 Å². The second kappa shape index (κ2) is 8.20. The first kappa shape index (κ1) is 19.8. The maximum Gasteiger partial charge on any atom is 0.416 e. The van der Waals surface area contributed by atoms with Crippen molar-refractivity contribution in [3.05, 3.63) is 65.7 Å². The van der Waals surface area contributed by atoms with Crippen molar-refractivity contribution in [3.8, 4) is 0 Å². The lowest BCUT2D eigenvalue weighted by Crippen LogP contribution is -2.31. The normalized spacial score (nSPS) is 18.3. The first-order valence-corrected chi connectivity index (χ1v) is 10.8. The van der Waals surface area contributed by atoms with Crippen LogP contribution in [0.1, 0.15) is 17.4 Å². The SMILES string of the molecule is O=C1O[C@@H](n2cnc(SCO)n2)CN1c1ccc(N2CCc3ccccc3C2)c(F)c1. The summed E-state index contributed by atoms with van der Waals surface area (Å²) >= 11 is 1.07. The quantitative estimate of drug-likeness (QED) is 0.481. The van der Waals surface area contributed by atoms with Gasteiger partial charge in [-0.1, -0.05) is 36.0 Å². The van der Waals surface area contributed by atoms with E-state index in [1.165, 1.54) is 33.1 Å². The second-order valence-electron chi connectivity index (χ2n) is 7.31. The van der Waals surface area contributed by atoms with E-state index in [0.717, 1.165) is 24.7 Å². The zero-order valence-corrected chi connectivity index (χ0v) is 17.3. The fourth-order valence-corrected chi connectivity index (χ4v) is 4.33. The maximum absolute atomic E-state index is 15.0. The van der Waals surface area contributed by atoms with Crippen LogP contribution >= 0.6 is 11.8 Å². The van der Waals surface area contributed by atoms with E-state index >= 15 is 4.39 Å². The molecule has 0 unspecified atom stereocenters. The molecule has 1 atom stereocenters. The minimum Gasteiger partial charge on any atom is -0.421 e. The van der Waals surface area contributed by atoms with Crippen LogP contribution < -0.4 is 9.80 Å². The van der Waals surface area contributed by atoms with Crippen LogP contribution in [0.2, 0.25) is 0 Å². The molecule has 0 bridgehead atoms. The molecule has 1 aromatic heterocycles. The second-order valence-corrected chi connectivity index (χ2v) is 8.22. The van der Waals surface area contributed by atoms with Crippen molar-refractivity contribution in [2.45, 2.75) is 24.3 Å². The Hall–Kier alpha value is -3.11. The highest BCUT2D eigenvalue weighted by Crippen LogP contribution is 2.32. The zero-order chi connectivity index (χ0) is 21.4. The van der Waals surface area contributed by atoms with Gasteiger partial charge in [-0.2, -0.15) is 0 Å². The predicted octanol–water partition coefficient (Wildman–Crippen LogP) is 3.18. The fraction of sp³-hybridized carbons (Fsp3) is 0.286. The van der Waals surface area contributed by atoms with Crippen molar-refractivity contribution in [1.82, 2.24) is 14.8 Å². The van der Waals surface area contributed by atoms with Gasteiger partial charge in [-0.15, -0.1) is 5.10 Å². The number of amides is 1. The van der Waals surface area contributed by atoms with Crippen LogP contribution in [0.5, 0.6) is 0 Å². The molecule has 1 amide bonds. The van der Waals surface area contributed by atoms with Crippen LogP contribution in [-0.2, 0) is 17.7 Å². The van der Waals surface area contributed by atoms with E-state index in [1.54, 1.807) is 12.1 Å². The lowest BCUT2D eigenvalue weighted by Gasteiger charge is -2.31. The number of benzene rings is 2. The number of aliphatic hydroxyl groups is 1. The summed E-state index contributed by atoms with van der Waals surface area (Å²) in [6.07, 6.45) is 1.06. The molecular weight excluding hydrogens is 421 g/mol. The first-order chi connectivity index (χ1) is 15.1. The number of hydrogen-bond acceptors (Lipinski definition) is 7. The maximum atomic E-state index is 15.0. The van der Waals surface area contributed by atoms with Crippen molar-refractivity contribution >= 4 is 29.2 Å². The van der Waals surface area contributed by atoms with Gasteiger partial charge in [0.25, 0.3) is 0 Å². The molecule has 1 fully saturated rings. The highest BCUT2D eigenvalue weighted by molar-refractivity contribution is 7.98. The Morgan fingerprint density at radius 1 is 1.23 bits per heavy atom. The standard InChI is InChI=1S/C21H20FN5O3S/c22-17-9-16(5-6-18(17)25-8-7-14-3-1-2-4-15(14)10-25)26-11-19(30-21(26)29)27-12-23-20(24-27)31-13-28/h1-6,9,12,19,28H,7-8,10-11,13H2/t19-/m1/s1. The monoisotopic (exact) mass is 441 g/mol. The molecule has 3 heterocycles. The number of hydrogen-bond donors (Lipinski definition) is 1. The molecule has 0 spiro atoms. The lowest BCUT2D eigenvalue weighted by molar-refractivity contribution is 0.0926. The molecule has 1 saturated heterocycles. The number of aromatic nitrogens is 3. The molecule has 0 radical (unpaired) electrons.